The summed E-state index contributed by atoms with van der Waals surface area (Å²) in [5.74, 6) is 1.66. The Morgan fingerprint density at radius 2 is 2.00 bits per heavy atom. The Kier molecular flexibility index (Phi) is 3.74. The van der Waals surface area contributed by atoms with Crippen LogP contribution in [0.1, 0.15) is 59.8 Å². The molecule has 0 aromatic rings. The zero-order valence-corrected chi connectivity index (χ0v) is 10.1. The Morgan fingerprint density at radius 3 is 2.57 bits per heavy atom. The van der Waals surface area contributed by atoms with E-state index in [0.717, 1.165) is 31.6 Å². The lowest BCUT2D eigenvalue weighted by molar-refractivity contribution is -0.125. The van der Waals surface area contributed by atoms with Gasteiger partial charge in [0.25, 0.3) is 0 Å². The molecule has 0 aromatic heterocycles. The van der Waals surface area contributed by atoms with E-state index in [-0.39, 0.29) is 0 Å². The van der Waals surface area contributed by atoms with Crippen LogP contribution in [-0.4, -0.2) is 5.78 Å². The van der Waals surface area contributed by atoms with E-state index >= 15 is 0 Å². The van der Waals surface area contributed by atoms with Gasteiger partial charge >= 0.3 is 0 Å². The molecule has 2 unspecified atom stereocenters. The third kappa shape index (κ3) is 3.81. The fourth-order valence-corrected chi connectivity index (χ4v) is 2.21. The van der Waals surface area contributed by atoms with E-state index in [4.69, 9.17) is 0 Å². The molecular formula is C13H24O. The third-order valence-corrected chi connectivity index (χ3v) is 3.27. The molecular weight excluding hydrogens is 172 g/mol. The summed E-state index contributed by atoms with van der Waals surface area (Å²) in [7, 11) is 0. The van der Waals surface area contributed by atoms with Crippen molar-refractivity contribution in [3.8, 4) is 0 Å². The molecule has 0 N–H and O–H groups in total. The van der Waals surface area contributed by atoms with Crippen molar-refractivity contribution < 1.29 is 4.79 Å². The summed E-state index contributed by atoms with van der Waals surface area (Å²) in [6.07, 6.45) is 5.36. The van der Waals surface area contributed by atoms with Gasteiger partial charge in [-0.05, 0) is 37.0 Å². The van der Waals surface area contributed by atoms with Crippen LogP contribution >= 0.6 is 0 Å². The van der Waals surface area contributed by atoms with Crippen LogP contribution in [0.4, 0.5) is 0 Å². The highest BCUT2D eigenvalue weighted by Gasteiger charge is 2.27. The largest absolute Gasteiger partial charge is 0.299 e. The van der Waals surface area contributed by atoms with Gasteiger partial charge in [0.15, 0.2) is 0 Å². The summed E-state index contributed by atoms with van der Waals surface area (Å²) in [5.41, 5.74) is 0.376. The van der Waals surface area contributed by atoms with E-state index in [1.54, 1.807) is 0 Å². The normalized spacial score (nSPS) is 29.3. The lowest BCUT2D eigenvalue weighted by atomic mass is 9.76. The van der Waals surface area contributed by atoms with E-state index < -0.39 is 0 Å². The first kappa shape index (κ1) is 11.7. The van der Waals surface area contributed by atoms with Crippen LogP contribution in [-0.2, 0) is 4.79 Å². The second-order valence-corrected chi connectivity index (χ2v) is 6.14. The number of carbonyl (C=O) groups excluding carboxylic acids is 1. The monoisotopic (exact) mass is 196 g/mol. The first-order valence-electron chi connectivity index (χ1n) is 5.91. The molecule has 1 aliphatic rings. The predicted molar refractivity (Wildman–Crippen MR) is 60.2 cm³/mol. The number of hydrogen-bond acceptors (Lipinski definition) is 1. The van der Waals surface area contributed by atoms with Gasteiger partial charge in [-0.2, -0.15) is 0 Å². The molecule has 1 rings (SSSR count). The molecule has 0 spiro atoms. The van der Waals surface area contributed by atoms with Crippen molar-refractivity contribution in [2.45, 2.75) is 59.8 Å². The summed E-state index contributed by atoms with van der Waals surface area (Å²) in [5, 5.41) is 0. The van der Waals surface area contributed by atoms with Gasteiger partial charge < -0.3 is 0 Å². The molecule has 1 nitrogen and oxygen atoms in total. The Labute approximate surface area is 88.3 Å². The fourth-order valence-electron chi connectivity index (χ4n) is 2.21. The fraction of sp³-hybridized carbons (Fsp3) is 0.923. The van der Waals surface area contributed by atoms with E-state index in [2.05, 4.69) is 27.7 Å². The van der Waals surface area contributed by atoms with Gasteiger partial charge in [0, 0.05) is 12.3 Å². The summed E-state index contributed by atoms with van der Waals surface area (Å²) < 4.78 is 0. The van der Waals surface area contributed by atoms with Crippen LogP contribution in [0.5, 0.6) is 0 Å². The topological polar surface area (TPSA) is 17.1 Å². The highest BCUT2D eigenvalue weighted by molar-refractivity contribution is 5.81. The van der Waals surface area contributed by atoms with Crippen LogP contribution in [0.2, 0.25) is 0 Å². The quantitative estimate of drug-likeness (QED) is 0.656. The van der Waals surface area contributed by atoms with Crippen LogP contribution in [0, 0.1) is 17.3 Å². The molecule has 14 heavy (non-hydrogen) atoms. The molecule has 0 aliphatic heterocycles. The minimum Gasteiger partial charge on any atom is -0.299 e. The van der Waals surface area contributed by atoms with Gasteiger partial charge in [0.2, 0.25) is 0 Å². The number of Topliss-reactive ketones (excluding diaryl/α,β-unsaturated/α-hetero) is 1. The second-order valence-electron chi connectivity index (χ2n) is 6.14. The second kappa shape index (κ2) is 4.46. The maximum Gasteiger partial charge on any atom is 0.135 e. The van der Waals surface area contributed by atoms with Crippen LogP contribution in [0.3, 0.4) is 0 Å². The Hall–Kier alpha value is -0.330. The van der Waals surface area contributed by atoms with Crippen LogP contribution in [0.25, 0.3) is 0 Å². The SMILES string of the molecule is CC1CCC(=O)C(CCC(C)(C)C)C1. The summed E-state index contributed by atoms with van der Waals surface area (Å²) in [4.78, 5) is 11.7. The molecule has 1 aliphatic carbocycles. The number of rotatable bonds is 2. The molecule has 1 heteroatoms. The highest BCUT2D eigenvalue weighted by atomic mass is 16.1. The summed E-state index contributed by atoms with van der Waals surface area (Å²) in [6.45, 7) is 9.04. The highest BCUT2D eigenvalue weighted by Crippen LogP contribution is 2.32. The maximum atomic E-state index is 11.7. The van der Waals surface area contributed by atoms with Gasteiger partial charge in [-0.1, -0.05) is 27.7 Å². The number of hydrogen-bond donors (Lipinski definition) is 0. The van der Waals surface area contributed by atoms with Crippen LogP contribution < -0.4 is 0 Å². The van der Waals surface area contributed by atoms with Crippen molar-refractivity contribution in [2.75, 3.05) is 0 Å². The molecule has 0 saturated heterocycles. The van der Waals surface area contributed by atoms with Crippen LogP contribution in [0.15, 0.2) is 0 Å². The Bertz CT molecular complexity index is 200. The van der Waals surface area contributed by atoms with Crippen molar-refractivity contribution in [2.24, 2.45) is 17.3 Å². The minimum atomic E-state index is 0.373. The molecule has 0 heterocycles. The van der Waals surface area contributed by atoms with Gasteiger partial charge in [-0.15, -0.1) is 0 Å². The zero-order valence-electron chi connectivity index (χ0n) is 10.1. The van der Waals surface area contributed by atoms with E-state index in [1.807, 2.05) is 0 Å². The van der Waals surface area contributed by atoms with Crippen molar-refractivity contribution in [3.63, 3.8) is 0 Å². The Morgan fingerprint density at radius 1 is 1.36 bits per heavy atom. The molecule has 82 valence electrons. The third-order valence-electron chi connectivity index (χ3n) is 3.27. The number of ketones is 1. The molecule has 0 amide bonds. The first-order chi connectivity index (χ1) is 6.38. The molecule has 2 atom stereocenters. The van der Waals surface area contributed by atoms with Crippen molar-refractivity contribution in [3.05, 3.63) is 0 Å². The summed E-state index contributed by atoms with van der Waals surface area (Å²) >= 11 is 0. The van der Waals surface area contributed by atoms with E-state index in [0.29, 0.717) is 17.1 Å². The lowest BCUT2D eigenvalue weighted by Crippen LogP contribution is -2.24. The lowest BCUT2D eigenvalue weighted by Gasteiger charge is -2.28. The smallest absolute Gasteiger partial charge is 0.135 e. The van der Waals surface area contributed by atoms with E-state index in [9.17, 15) is 4.79 Å². The van der Waals surface area contributed by atoms with Crippen molar-refractivity contribution in [1.29, 1.82) is 0 Å². The zero-order chi connectivity index (χ0) is 10.8. The molecule has 1 saturated carbocycles. The maximum absolute atomic E-state index is 11.7. The van der Waals surface area contributed by atoms with Gasteiger partial charge in [-0.25, -0.2) is 0 Å². The number of carbonyl (C=O) groups is 1. The predicted octanol–water partition coefficient (Wildman–Crippen LogP) is 3.82. The van der Waals surface area contributed by atoms with Gasteiger partial charge in [0.1, 0.15) is 5.78 Å². The van der Waals surface area contributed by atoms with Crippen molar-refractivity contribution >= 4 is 5.78 Å². The first-order valence-corrected chi connectivity index (χ1v) is 5.91. The van der Waals surface area contributed by atoms with E-state index in [1.165, 1.54) is 6.42 Å². The molecule has 1 fully saturated rings. The summed E-state index contributed by atoms with van der Waals surface area (Å²) in [6, 6.07) is 0. The molecule has 0 aromatic carbocycles. The minimum absolute atomic E-state index is 0.373. The molecule has 0 bridgehead atoms. The average Bonchev–Trinajstić information content (AvgIpc) is 2.05. The standard InChI is InChI=1S/C13H24O/c1-10-5-6-12(14)11(9-10)7-8-13(2,3)4/h10-11H,5-9H2,1-4H3. The molecule has 0 radical (unpaired) electrons. The van der Waals surface area contributed by atoms with Gasteiger partial charge in [-0.3, -0.25) is 4.79 Å². The average molecular weight is 196 g/mol. The van der Waals surface area contributed by atoms with Crippen molar-refractivity contribution in [1.82, 2.24) is 0 Å². The Balaban J connectivity index is 2.39. The van der Waals surface area contributed by atoms with Gasteiger partial charge in [0.05, 0.1) is 0 Å².